The van der Waals surface area contributed by atoms with E-state index in [1.165, 1.54) is 76.4 Å². The SMILES string of the molecule is CCCCCCCCCCCCCCCC(=O)OCC(=O)[C@@]1(O)[C@H](C)CC2C3CCC4=CC(=O)C=C[C@]4(C)[C@@]3(F)[C@@H](O)C[C@@]21C. The monoisotopic (exact) mass is 630 g/mol. The van der Waals surface area contributed by atoms with E-state index >= 15 is 4.39 Å². The highest BCUT2D eigenvalue weighted by Gasteiger charge is 2.75. The molecular formula is C38H59FO6. The average Bonchev–Trinajstić information content (AvgIpc) is 3.20. The van der Waals surface area contributed by atoms with E-state index in [4.69, 9.17) is 4.74 Å². The normalized spacial score (nSPS) is 37.0. The van der Waals surface area contributed by atoms with Gasteiger partial charge in [0.05, 0.1) is 6.10 Å². The fraction of sp³-hybridized carbons (Fsp3) is 0.816. The van der Waals surface area contributed by atoms with Crippen molar-refractivity contribution < 1.29 is 33.7 Å². The van der Waals surface area contributed by atoms with Crippen LogP contribution in [0.5, 0.6) is 0 Å². The third kappa shape index (κ3) is 6.77. The van der Waals surface area contributed by atoms with Crippen LogP contribution in [0, 0.1) is 28.6 Å². The maximum absolute atomic E-state index is 17.3. The number of esters is 1. The van der Waals surface area contributed by atoms with Gasteiger partial charge in [-0.15, -0.1) is 0 Å². The summed E-state index contributed by atoms with van der Waals surface area (Å²) in [6.07, 6.45) is 20.4. The quantitative estimate of drug-likeness (QED) is 0.125. The first kappa shape index (κ1) is 36.0. The van der Waals surface area contributed by atoms with Crippen molar-refractivity contribution >= 4 is 17.5 Å². The van der Waals surface area contributed by atoms with Crippen LogP contribution in [0.25, 0.3) is 0 Å². The fourth-order valence-electron chi connectivity index (χ4n) is 9.76. The number of ether oxygens (including phenoxy) is 1. The zero-order valence-electron chi connectivity index (χ0n) is 28.4. The molecule has 4 aliphatic rings. The molecular weight excluding hydrogens is 571 g/mol. The number of unbranched alkanes of at least 4 members (excludes halogenated alkanes) is 12. The lowest BCUT2D eigenvalue weighted by Crippen LogP contribution is -2.69. The van der Waals surface area contributed by atoms with Crippen LogP contribution < -0.4 is 0 Å². The fourth-order valence-corrected chi connectivity index (χ4v) is 9.76. The van der Waals surface area contributed by atoms with E-state index in [2.05, 4.69) is 6.92 Å². The van der Waals surface area contributed by atoms with Gasteiger partial charge in [-0.1, -0.05) is 109 Å². The maximum Gasteiger partial charge on any atom is 0.306 e. The summed E-state index contributed by atoms with van der Waals surface area (Å²) < 4.78 is 22.7. The zero-order valence-corrected chi connectivity index (χ0v) is 28.4. The minimum Gasteiger partial charge on any atom is -0.458 e. The Labute approximate surface area is 270 Å². The predicted molar refractivity (Wildman–Crippen MR) is 174 cm³/mol. The molecule has 8 atom stereocenters. The summed E-state index contributed by atoms with van der Waals surface area (Å²) in [6, 6.07) is 0. The summed E-state index contributed by atoms with van der Waals surface area (Å²) in [5.41, 5.74) is -5.36. The van der Waals surface area contributed by atoms with Crippen LogP contribution in [0.3, 0.4) is 0 Å². The number of rotatable bonds is 17. The van der Waals surface area contributed by atoms with Crippen molar-refractivity contribution in [1.29, 1.82) is 0 Å². The summed E-state index contributed by atoms with van der Waals surface area (Å²) in [4.78, 5) is 38.2. The first-order chi connectivity index (χ1) is 21.4. The minimum absolute atomic E-state index is 0.0885. The molecule has 4 rings (SSSR count). The topological polar surface area (TPSA) is 101 Å². The number of carbonyl (C=O) groups excluding carboxylic acids is 3. The number of fused-ring (bicyclic) bond motifs is 5. The molecule has 6 nitrogen and oxygen atoms in total. The number of ketones is 2. The van der Waals surface area contributed by atoms with Crippen LogP contribution in [0.1, 0.15) is 143 Å². The van der Waals surface area contributed by atoms with Crippen molar-refractivity contribution in [1.82, 2.24) is 0 Å². The predicted octanol–water partition coefficient (Wildman–Crippen LogP) is 7.93. The highest BCUT2D eigenvalue weighted by atomic mass is 19.1. The summed E-state index contributed by atoms with van der Waals surface area (Å²) in [5, 5.41) is 23.6. The molecule has 7 heteroatoms. The Balaban J connectivity index is 1.24. The third-order valence-electron chi connectivity index (χ3n) is 12.5. The molecule has 0 bridgehead atoms. The first-order valence-corrected chi connectivity index (χ1v) is 18.1. The lowest BCUT2D eigenvalue weighted by atomic mass is 9.44. The highest BCUT2D eigenvalue weighted by molar-refractivity contribution is 6.01. The maximum atomic E-state index is 17.3. The first-order valence-electron chi connectivity index (χ1n) is 18.1. The molecule has 3 saturated carbocycles. The highest BCUT2D eigenvalue weighted by Crippen LogP contribution is 2.70. The number of aliphatic hydroxyl groups is 2. The molecule has 0 spiro atoms. The Morgan fingerprint density at radius 1 is 0.956 bits per heavy atom. The number of Topliss-reactive ketones (excluding diaryl/α,β-unsaturated/α-hetero) is 1. The van der Waals surface area contributed by atoms with Crippen molar-refractivity contribution in [2.75, 3.05) is 6.61 Å². The van der Waals surface area contributed by atoms with Crippen LogP contribution in [0.4, 0.5) is 4.39 Å². The van der Waals surface area contributed by atoms with E-state index in [0.717, 1.165) is 12.8 Å². The molecule has 4 aliphatic carbocycles. The lowest BCUT2D eigenvalue weighted by molar-refractivity contribution is -0.220. The second kappa shape index (κ2) is 14.9. The Morgan fingerprint density at radius 2 is 1.53 bits per heavy atom. The van der Waals surface area contributed by atoms with Gasteiger partial charge in [-0.2, -0.15) is 0 Å². The van der Waals surface area contributed by atoms with Crippen LogP contribution in [0.2, 0.25) is 0 Å². The number of hydrogen-bond donors (Lipinski definition) is 2. The Morgan fingerprint density at radius 3 is 2.13 bits per heavy atom. The van der Waals surface area contributed by atoms with Gasteiger partial charge in [-0.05, 0) is 63.0 Å². The molecule has 0 aromatic heterocycles. The smallest absolute Gasteiger partial charge is 0.306 e. The van der Waals surface area contributed by atoms with E-state index in [1.807, 2.05) is 0 Å². The van der Waals surface area contributed by atoms with Gasteiger partial charge in [-0.25, -0.2) is 4.39 Å². The molecule has 0 radical (unpaired) electrons. The summed E-state index contributed by atoms with van der Waals surface area (Å²) >= 11 is 0. The summed E-state index contributed by atoms with van der Waals surface area (Å²) in [7, 11) is 0. The lowest BCUT2D eigenvalue weighted by Gasteiger charge is -2.62. The summed E-state index contributed by atoms with van der Waals surface area (Å²) in [6.45, 7) is 7.08. The Hall–Kier alpha value is -1.86. The standard InChI is InChI=1S/C38H59FO6/c1-5-6-7-8-9-10-11-12-13-14-15-16-17-18-34(43)45-26-33(42)38(44)27(2)23-31-30-20-19-28-24-29(40)21-22-35(28,3)37(30,39)32(41)25-36(31,38)4/h21-22,24,27,30-32,41,44H,5-20,23,25-26H2,1-4H3/t27-,30?,31?,32+,35+,36+,37+,38+/m1/s1. The van der Waals surface area contributed by atoms with E-state index in [-0.39, 0.29) is 24.5 Å². The minimum atomic E-state index is -2.02. The second-order valence-electron chi connectivity index (χ2n) is 15.2. The number of halogens is 1. The van der Waals surface area contributed by atoms with Gasteiger partial charge in [0.1, 0.15) is 5.60 Å². The number of allylic oxidation sites excluding steroid dienone is 4. The molecule has 0 heterocycles. The molecule has 2 N–H and O–H groups in total. The van der Waals surface area contributed by atoms with Gasteiger partial charge in [0.15, 0.2) is 18.1 Å². The van der Waals surface area contributed by atoms with E-state index in [1.54, 1.807) is 26.8 Å². The van der Waals surface area contributed by atoms with Crippen LogP contribution in [0.15, 0.2) is 23.8 Å². The van der Waals surface area contributed by atoms with Crippen LogP contribution in [-0.4, -0.2) is 51.7 Å². The zero-order chi connectivity index (χ0) is 32.9. The molecule has 0 saturated heterocycles. The largest absolute Gasteiger partial charge is 0.458 e. The molecule has 45 heavy (non-hydrogen) atoms. The van der Waals surface area contributed by atoms with Crippen molar-refractivity contribution in [2.24, 2.45) is 28.6 Å². The Kier molecular flexibility index (Phi) is 11.9. The molecule has 0 aromatic rings. The molecule has 0 amide bonds. The van der Waals surface area contributed by atoms with Crippen molar-refractivity contribution in [3.63, 3.8) is 0 Å². The molecule has 0 aromatic carbocycles. The van der Waals surface area contributed by atoms with Gasteiger partial charge >= 0.3 is 5.97 Å². The number of hydrogen-bond acceptors (Lipinski definition) is 6. The van der Waals surface area contributed by atoms with Crippen molar-refractivity contribution in [3.8, 4) is 0 Å². The van der Waals surface area contributed by atoms with Gasteiger partial charge in [-0.3, -0.25) is 14.4 Å². The number of alkyl halides is 1. The van der Waals surface area contributed by atoms with Gasteiger partial charge in [0.2, 0.25) is 5.78 Å². The van der Waals surface area contributed by atoms with Gasteiger partial charge < -0.3 is 14.9 Å². The van der Waals surface area contributed by atoms with E-state index < -0.39 is 58.4 Å². The van der Waals surface area contributed by atoms with E-state index in [0.29, 0.717) is 31.3 Å². The molecule has 0 aliphatic heterocycles. The van der Waals surface area contributed by atoms with Crippen LogP contribution in [-0.2, 0) is 19.1 Å². The van der Waals surface area contributed by atoms with E-state index in [9.17, 15) is 24.6 Å². The number of carbonyl (C=O) groups is 3. The van der Waals surface area contributed by atoms with Gasteiger partial charge in [0, 0.05) is 23.2 Å². The summed E-state index contributed by atoms with van der Waals surface area (Å²) in [5.74, 6) is -2.59. The van der Waals surface area contributed by atoms with Crippen molar-refractivity contribution in [2.45, 2.75) is 161 Å². The van der Waals surface area contributed by atoms with Crippen LogP contribution >= 0.6 is 0 Å². The molecule has 3 fully saturated rings. The molecule has 254 valence electrons. The average molecular weight is 631 g/mol. The second-order valence-corrected chi connectivity index (χ2v) is 15.2. The third-order valence-corrected chi connectivity index (χ3v) is 12.5. The van der Waals surface area contributed by atoms with Crippen molar-refractivity contribution in [3.05, 3.63) is 23.8 Å². The molecule has 2 unspecified atom stereocenters. The Bertz CT molecular complexity index is 1130. The van der Waals surface area contributed by atoms with Gasteiger partial charge in [0.25, 0.3) is 0 Å². The number of aliphatic hydroxyl groups excluding tert-OH is 1.